The number of furan rings is 1. The van der Waals surface area contributed by atoms with Crippen molar-refractivity contribution in [3.8, 4) is 0 Å². The molecule has 0 spiro atoms. The monoisotopic (exact) mass is 376 g/mol. The van der Waals surface area contributed by atoms with Gasteiger partial charge in [-0.25, -0.2) is 6.54 Å². The number of rotatable bonds is 4. The summed E-state index contributed by atoms with van der Waals surface area (Å²) < 4.78 is 58.3. The maximum absolute atomic E-state index is 14.4. The first-order valence-corrected chi connectivity index (χ1v) is 5.69. The zero-order valence-corrected chi connectivity index (χ0v) is 12.2. The molecular weight excluding hydrogens is 363 g/mol. The van der Waals surface area contributed by atoms with E-state index in [0.29, 0.717) is 17.5 Å². The van der Waals surface area contributed by atoms with E-state index >= 15 is 0 Å². The van der Waals surface area contributed by atoms with Crippen LogP contribution in [0.15, 0.2) is 34.9 Å². The second kappa shape index (κ2) is 6.23. The third-order valence-corrected chi connectivity index (χ3v) is 2.79. The largest absolute Gasteiger partial charge is 1.00 e. The Morgan fingerprint density at radius 2 is 1.90 bits per heavy atom. The summed E-state index contributed by atoms with van der Waals surface area (Å²) in [6.07, 6.45) is -3.69. The summed E-state index contributed by atoms with van der Waals surface area (Å²) in [6, 6.07) is 5.03. The van der Waals surface area contributed by atoms with Gasteiger partial charge in [0.2, 0.25) is 0 Å². The Hall–Kier alpha value is -0.937. The number of hydrogen-bond acceptors (Lipinski definition) is 2. The van der Waals surface area contributed by atoms with Gasteiger partial charge in [-0.2, -0.15) is 13.2 Å². The van der Waals surface area contributed by atoms with Crippen LogP contribution in [-0.4, -0.2) is 12.7 Å². The molecule has 0 fully saturated rings. The van der Waals surface area contributed by atoms with Gasteiger partial charge in [-0.1, -0.05) is 13.0 Å². The molecule has 1 atom stereocenters. The van der Waals surface area contributed by atoms with Gasteiger partial charge in [0, 0.05) is 5.39 Å². The van der Waals surface area contributed by atoms with Gasteiger partial charge in [0.15, 0.2) is 0 Å². The molecule has 0 amide bonds. The molecule has 7 heteroatoms. The second-order valence-electron chi connectivity index (χ2n) is 4.08. The minimum atomic E-state index is -5.04. The van der Waals surface area contributed by atoms with Crippen LogP contribution in [0.2, 0.25) is 0 Å². The predicted molar refractivity (Wildman–Crippen MR) is 63.0 cm³/mol. The minimum Gasteiger partial charge on any atom is -0.467 e. The van der Waals surface area contributed by atoms with E-state index in [-0.39, 0.29) is 26.0 Å². The fraction of sp³-hybridized carbons (Fsp3) is 0.308. The number of halogens is 4. The minimum absolute atomic E-state index is 0. The predicted octanol–water partition coefficient (Wildman–Crippen LogP) is 3.93. The zero-order chi connectivity index (χ0) is 14.1. The normalized spacial score (nSPS) is 14.8. The Bertz CT molecular complexity index is 569. The molecule has 1 N–H and O–H groups in total. The summed E-state index contributed by atoms with van der Waals surface area (Å²) in [5.41, 5.74) is -3.60. The van der Waals surface area contributed by atoms with Gasteiger partial charge in [0.05, 0.1) is 6.26 Å². The van der Waals surface area contributed by atoms with Crippen LogP contribution in [0, 0.1) is 6.54 Å². The van der Waals surface area contributed by atoms with Gasteiger partial charge in [0.1, 0.15) is 11.3 Å². The number of likely N-dealkylation sites (N-methyl/N-ethyl adjacent to an activating group) is 1. The number of benzene rings is 1. The maximum atomic E-state index is 14.4. The fourth-order valence-electron chi connectivity index (χ4n) is 1.76. The summed E-state index contributed by atoms with van der Waals surface area (Å²) >= 11 is 0. The van der Waals surface area contributed by atoms with Crippen molar-refractivity contribution in [2.75, 3.05) is 6.54 Å². The molecule has 0 saturated heterocycles. The molecule has 111 valence electrons. The van der Waals surface area contributed by atoms with Crippen LogP contribution < -0.4 is 5.32 Å². The molecule has 20 heavy (non-hydrogen) atoms. The van der Waals surface area contributed by atoms with Gasteiger partial charge < -0.3 is 9.73 Å². The quantitative estimate of drug-likeness (QED) is 0.498. The molecule has 1 aromatic heterocycles. The summed E-state index contributed by atoms with van der Waals surface area (Å²) in [6.45, 7) is 2.23. The number of alkyl halides is 4. The Morgan fingerprint density at radius 1 is 1.20 bits per heavy atom. The molecule has 0 bridgehead atoms. The van der Waals surface area contributed by atoms with E-state index in [1.807, 2.05) is 0 Å². The van der Waals surface area contributed by atoms with E-state index in [1.165, 1.54) is 18.4 Å². The topological polar surface area (TPSA) is 25.2 Å². The van der Waals surface area contributed by atoms with Crippen molar-refractivity contribution in [1.82, 2.24) is 5.32 Å². The van der Waals surface area contributed by atoms with Crippen molar-refractivity contribution in [2.45, 2.75) is 18.8 Å². The van der Waals surface area contributed by atoms with Crippen LogP contribution in [0.25, 0.3) is 11.0 Å². The summed E-state index contributed by atoms with van der Waals surface area (Å²) in [5, 5.41) is 2.72. The first kappa shape index (κ1) is 17.1. The van der Waals surface area contributed by atoms with Crippen LogP contribution in [-0.2, 0) is 25.1 Å². The number of nitrogens with one attached hydrogen (secondary N) is 1. The van der Waals surface area contributed by atoms with Crippen LogP contribution in [0.4, 0.5) is 17.6 Å². The van der Waals surface area contributed by atoms with Crippen LogP contribution in [0.1, 0.15) is 12.5 Å². The van der Waals surface area contributed by atoms with E-state index < -0.39 is 17.4 Å². The number of fused-ring (bicyclic) bond motifs is 1. The van der Waals surface area contributed by atoms with Crippen molar-refractivity contribution in [3.05, 3.63) is 42.6 Å². The fourth-order valence-corrected chi connectivity index (χ4v) is 1.76. The molecule has 0 aliphatic rings. The Balaban J connectivity index is 0.00000200. The van der Waals surface area contributed by atoms with Crippen LogP contribution in [0.3, 0.4) is 0 Å². The molecule has 1 radical (unpaired) electrons. The third kappa shape index (κ3) is 3.04. The molecule has 0 saturated carbocycles. The van der Waals surface area contributed by atoms with E-state index in [4.69, 9.17) is 4.42 Å². The number of hydrogen-bond donors (Lipinski definition) is 1. The maximum Gasteiger partial charge on any atom is 1.00 e. The summed E-state index contributed by atoms with van der Waals surface area (Å²) in [5.74, 6) is 0. The van der Waals surface area contributed by atoms with Crippen molar-refractivity contribution in [2.24, 2.45) is 0 Å². The first-order chi connectivity index (χ1) is 8.88. The van der Waals surface area contributed by atoms with E-state index in [9.17, 15) is 17.6 Å². The Kier molecular flexibility index (Phi) is 5.33. The van der Waals surface area contributed by atoms with Gasteiger partial charge in [-0.05, 0) is 30.3 Å². The standard InChI is InChI=1S/C13H12F4NO.Ru/c1-2-18-8-12(14,13(15,16)17)10-3-4-11-9(7-10)5-6-19-11;/h3-8,18H,2H2,1H3;/q-1;+1. The molecule has 1 aromatic carbocycles. The van der Waals surface area contributed by atoms with Crippen LogP contribution in [0.5, 0.6) is 0 Å². The van der Waals surface area contributed by atoms with Gasteiger partial charge in [-0.3, -0.25) is 4.39 Å². The Labute approximate surface area is 126 Å². The molecular formula is C13H12F4NORu. The van der Waals surface area contributed by atoms with E-state index in [1.54, 1.807) is 6.92 Å². The SMILES string of the molecule is CCN[CH-]C(F)(c1ccc2occc2c1)C(F)(F)F.[Ru+]. The molecule has 2 aromatic rings. The molecule has 0 aliphatic carbocycles. The van der Waals surface area contributed by atoms with E-state index in [0.717, 1.165) is 12.1 Å². The van der Waals surface area contributed by atoms with Crippen molar-refractivity contribution in [3.63, 3.8) is 0 Å². The summed E-state index contributed by atoms with van der Waals surface area (Å²) in [4.78, 5) is 0. The molecule has 1 unspecified atom stereocenters. The zero-order valence-electron chi connectivity index (χ0n) is 10.4. The summed E-state index contributed by atoms with van der Waals surface area (Å²) in [7, 11) is 0. The Morgan fingerprint density at radius 3 is 2.50 bits per heavy atom. The van der Waals surface area contributed by atoms with Gasteiger partial charge >= 0.3 is 25.7 Å². The van der Waals surface area contributed by atoms with Crippen molar-refractivity contribution in [1.29, 1.82) is 0 Å². The average molecular weight is 375 g/mol. The molecule has 2 nitrogen and oxygen atoms in total. The first-order valence-electron chi connectivity index (χ1n) is 5.69. The smallest absolute Gasteiger partial charge is 0.467 e. The van der Waals surface area contributed by atoms with E-state index in [2.05, 4.69) is 5.32 Å². The van der Waals surface area contributed by atoms with Crippen molar-refractivity contribution < 1.29 is 41.5 Å². The average Bonchev–Trinajstić information content (AvgIpc) is 2.81. The molecule has 2 rings (SSSR count). The molecule has 1 heterocycles. The second-order valence-corrected chi connectivity index (χ2v) is 4.08. The van der Waals surface area contributed by atoms with Gasteiger partial charge in [-0.15, -0.1) is 0 Å². The van der Waals surface area contributed by atoms with Crippen molar-refractivity contribution >= 4 is 11.0 Å². The van der Waals surface area contributed by atoms with Gasteiger partial charge in [0.25, 0.3) is 0 Å². The van der Waals surface area contributed by atoms with Crippen LogP contribution >= 0.6 is 0 Å². The third-order valence-electron chi connectivity index (χ3n) is 2.79. The molecule has 0 aliphatic heterocycles.